The van der Waals surface area contributed by atoms with Crippen LogP contribution in [0, 0.1) is 10.1 Å². The van der Waals surface area contributed by atoms with Gasteiger partial charge in [0.1, 0.15) is 6.33 Å². The van der Waals surface area contributed by atoms with Crippen molar-refractivity contribution in [3.63, 3.8) is 0 Å². The van der Waals surface area contributed by atoms with Crippen molar-refractivity contribution in [2.75, 3.05) is 17.7 Å². The first-order chi connectivity index (χ1) is 8.72. The molecule has 0 unspecified atom stereocenters. The number of rotatable bonds is 4. The summed E-state index contributed by atoms with van der Waals surface area (Å²) in [6.45, 7) is 0. The number of aromatic nitrogens is 2. The fraction of sp³-hybridized carbons (Fsp3) is 0.636. The summed E-state index contributed by atoms with van der Waals surface area (Å²) in [5.74, 6) is 0.555. The Morgan fingerprint density at radius 2 is 1.94 bits per heavy atom. The first-order valence-corrected chi connectivity index (χ1v) is 6.16. The minimum absolute atomic E-state index is 0.0782. The van der Waals surface area contributed by atoms with Gasteiger partial charge < -0.3 is 10.6 Å². The second-order valence-corrected chi connectivity index (χ2v) is 4.41. The number of hydrogen-bond donors (Lipinski definition) is 2. The fourth-order valence-corrected chi connectivity index (χ4v) is 2.28. The number of anilines is 2. The van der Waals surface area contributed by atoms with E-state index in [0.717, 1.165) is 25.7 Å². The van der Waals surface area contributed by atoms with Crippen LogP contribution in [-0.4, -0.2) is 28.0 Å². The highest BCUT2D eigenvalue weighted by Gasteiger charge is 2.24. The number of nitrogens with one attached hydrogen (secondary N) is 2. The highest BCUT2D eigenvalue weighted by atomic mass is 16.6. The van der Waals surface area contributed by atoms with Crippen molar-refractivity contribution in [1.29, 1.82) is 0 Å². The molecule has 2 N–H and O–H groups in total. The Hall–Kier alpha value is -1.92. The molecule has 7 nitrogen and oxygen atoms in total. The number of nitrogens with zero attached hydrogens (tertiary/aromatic N) is 3. The zero-order valence-electron chi connectivity index (χ0n) is 10.3. The van der Waals surface area contributed by atoms with E-state index < -0.39 is 4.92 Å². The number of hydrogen-bond acceptors (Lipinski definition) is 6. The summed E-state index contributed by atoms with van der Waals surface area (Å²) in [6, 6.07) is 0.275. The summed E-state index contributed by atoms with van der Waals surface area (Å²) >= 11 is 0. The Labute approximate surface area is 105 Å². The molecule has 1 saturated carbocycles. The Morgan fingerprint density at radius 1 is 1.28 bits per heavy atom. The minimum atomic E-state index is -0.447. The molecule has 1 aromatic rings. The van der Waals surface area contributed by atoms with E-state index in [4.69, 9.17) is 0 Å². The van der Waals surface area contributed by atoms with Gasteiger partial charge in [-0.05, 0) is 12.8 Å². The van der Waals surface area contributed by atoms with Crippen LogP contribution in [0.25, 0.3) is 0 Å². The van der Waals surface area contributed by atoms with E-state index in [9.17, 15) is 10.1 Å². The van der Waals surface area contributed by atoms with E-state index in [0.29, 0.717) is 5.82 Å². The summed E-state index contributed by atoms with van der Waals surface area (Å²) < 4.78 is 0. The van der Waals surface area contributed by atoms with Crippen molar-refractivity contribution in [2.45, 2.75) is 38.1 Å². The van der Waals surface area contributed by atoms with Crippen molar-refractivity contribution in [2.24, 2.45) is 0 Å². The molecule has 1 heterocycles. The van der Waals surface area contributed by atoms with E-state index >= 15 is 0 Å². The highest BCUT2D eigenvalue weighted by Crippen LogP contribution is 2.30. The first kappa shape index (κ1) is 12.5. The average Bonchev–Trinajstić information content (AvgIpc) is 2.39. The second-order valence-electron chi connectivity index (χ2n) is 4.41. The quantitative estimate of drug-likeness (QED) is 0.629. The molecule has 0 spiro atoms. The van der Waals surface area contributed by atoms with Crippen LogP contribution < -0.4 is 10.6 Å². The maximum absolute atomic E-state index is 11.1. The minimum Gasteiger partial charge on any atom is -0.367 e. The smallest absolute Gasteiger partial charge is 0.353 e. The molecule has 1 aliphatic carbocycles. The van der Waals surface area contributed by atoms with Gasteiger partial charge in [-0.25, -0.2) is 9.97 Å². The molecule has 1 aromatic heterocycles. The van der Waals surface area contributed by atoms with E-state index in [-0.39, 0.29) is 17.5 Å². The summed E-state index contributed by atoms with van der Waals surface area (Å²) in [6.07, 6.45) is 6.98. The molecular weight excluding hydrogens is 234 g/mol. The first-order valence-electron chi connectivity index (χ1n) is 6.16. The second kappa shape index (κ2) is 5.61. The Morgan fingerprint density at radius 3 is 2.56 bits per heavy atom. The van der Waals surface area contributed by atoms with Gasteiger partial charge in [0.05, 0.1) is 4.92 Å². The fourth-order valence-electron chi connectivity index (χ4n) is 2.28. The van der Waals surface area contributed by atoms with Gasteiger partial charge in [0.25, 0.3) is 0 Å². The molecule has 0 bridgehead atoms. The van der Waals surface area contributed by atoms with E-state index in [1.54, 1.807) is 7.05 Å². The predicted octanol–water partition coefficient (Wildman–Crippen LogP) is 2.17. The zero-order valence-corrected chi connectivity index (χ0v) is 10.3. The lowest BCUT2D eigenvalue weighted by Crippen LogP contribution is -2.23. The van der Waals surface area contributed by atoms with Crippen molar-refractivity contribution >= 4 is 17.3 Å². The monoisotopic (exact) mass is 251 g/mol. The zero-order chi connectivity index (χ0) is 13.0. The molecule has 18 heavy (non-hydrogen) atoms. The lowest BCUT2D eigenvalue weighted by atomic mass is 9.95. The van der Waals surface area contributed by atoms with Gasteiger partial charge >= 0.3 is 5.69 Å². The van der Waals surface area contributed by atoms with E-state index in [1.807, 2.05) is 0 Å². The molecule has 0 aromatic carbocycles. The predicted molar refractivity (Wildman–Crippen MR) is 68.7 cm³/mol. The van der Waals surface area contributed by atoms with Crippen LogP contribution in [0.4, 0.5) is 17.3 Å². The summed E-state index contributed by atoms with van der Waals surface area (Å²) in [4.78, 5) is 18.5. The summed E-state index contributed by atoms with van der Waals surface area (Å²) in [7, 11) is 1.61. The maximum atomic E-state index is 11.1. The third-order valence-corrected chi connectivity index (χ3v) is 3.19. The Balaban J connectivity index is 2.23. The molecule has 7 heteroatoms. The van der Waals surface area contributed by atoms with E-state index in [1.165, 1.54) is 12.7 Å². The highest BCUT2D eigenvalue weighted by molar-refractivity contribution is 5.69. The lowest BCUT2D eigenvalue weighted by Gasteiger charge is -2.23. The topological polar surface area (TPSA) is 93.0 Å². The van der Waals surface area contributed by atoms with Crippen LogP contribution >= 0.6 is 0 Å². The van der Waals surface area contributed by atoms with Crippen LogP contribution in [0.15, 0.2) is 6.33 Å². The molecule has 2 rings (SSSR count). The van der Waals surface area contributed by atoms with Gasteiger partial charge in [-0.1, -0.05) is 19.3 Å². The third-order valence-electron chi connectivity index (χ3n) is 3.19. The van der Waals surface area contributed by atoms with Gasteiger partial charge in [-0.3, -0.25) is 10.1 Å². The van der Waals surface area contributed by atoms with Crippen LogP contribution in [-0.2, 0) is 0 Å². The number of nitro groups is 1. The van der Waals surface area contributed by atoms with Crippen molar-refractivity contribution in [3.05, 3.63) is 16.4 Å². The van der Waals surface area contributed by atoms with Gasteiger partial charge in [0.2, 0.25) is 11.6 Å². The van der Waals surface area contributed by atoms with Crippen LogP contribution in [0.5, 0.6) is 0 Å². The molecule has 0 saturated heterocycles. The SMILES string of the molecule is CNc1ncnc(NC2CCCCC2)c1[N+](=O)[O-]. The Bertz CT molecular complexity index is 431. The van der Waals surface area contributed by atoms with Gasteiger partial charge in [-0.2, -0.15) is 0 Å². The largest absolute Gasteiger partial charge is 0.367 e. The van der Waals surface area contributed by atoms with Crippen molar-refractivity contribution in [3.8, 4) is 0 Å². The molecule has 0 aliphatic heterocycles. The maximum Gasteiger partial charge on any atom is 0.353 e. The summed E-state index contributed by atoms with van der Waals surface area (Å²) in [5, 5.41) is 17.0. The van der Waals surface area contributed by atoms with Gasteiger partial charge in [-0.15, -0.1) is 0 Å². The van der Waals surface area contributed by atoms with E-state index in [2.05, 4.69) is 20.6 Å². The third kappa shape index (κ3) is 2.66. The molecule has 0 radical (unpaired) electrons. The standard InChI is InChI=1S/C11H17N5O2/c1-12-10-9(16(17)18)11(14-7-13-10)15-8-5-3-2-4-6-8/h7-8H,2-6H2,1H3,(H2,12,13,14,15). The van der Waals surface area contributed by atoms with Crippen LogP contribution in [0.3, 0.4) is 0 Å². The molecule has 1 fully saturated rings. The molecule has 0 atom stereocenters. The molecule has 0 amide bonds. The van der Waals surface area contributed by atoms with Gasteiger partial charge in [0, 0.05) is 13.1 Å². The lowest BCUT2D eigenvalue weighted by molar-refractivity contribution is -0.383. The van der Waals surface area contributed by atoms with Crippen LogP contribution in [0.2, 0.25) is 0 Å². The van der Waals surface area contributed by atoms with Crippen molar-refractivity contribution < 1.29 is 4.92 Å². The van der Waals surface area contributed by atoms with Crippen LogP contribution in [0.1, 0.15) is 32.1 Å². The van der Waals surface area contributed by atoms with Gasteiger partial charge in [0.15, 0.2) is 0 Å². The summed E-state index contributed by atoms with van der Waals surface area (Å²) in [5.41, 5.74) is -0.0782. The molecule has 1 aliphatic rings. The molecule has 98 valence electrons. The Kier molecular flexibility index (Phi) is 3.91. The molecular formula is C11H17N5O2. The van der Waals surface area contributed by atoms with Crippen molar-refractivity contribution in [1.82, 2.24) is 9.97 Å². The average molecular weight is 251 g/mol. The normalized spacial score (nSPS) is 16.3.